The summed E-state index contributed by atoms with van der Waals surface area (Å²) >= 11 is 0. The van der Waals surface area contributed by atoms with Crippen LogP contribution in [0.3, 0.4) is 0 Å². The van der Waals surface area contributed by atoms with Crippen LogP contribution in [0.1, 0.15) is 0 Å². The Labute approximate surface area is 124 Å². The van der Waals surface area contributed by atoms with Gasteiger partial charge in [-0.1, -0.05) is 0 Å². The third-order valence-corrected chi connectivity index (χ3v) is 3.43. The lowest BCUT2D eigenvalue weighted by molar-refractivity contribution is 0.385. The van der Waals surface area contributed by atoms with Crippen molar-refractivity contribution in [2.24, 2.45) is 0 Å². The average molecular weight is 281 g/mol. The third kappa shape index (κ3) is 3.03. The van der Waals surface area contributed by atoms with E-state index in [9.17, 15) is 0 Å². The van der Waals surface area contributed by atoms with Crippen molar-refractivity contribution in [3.8, 4) is 17.1 Å². The van der Waals surface area contributed by atoms with E-state index in [-0.39, 0.29) is 0 Å². The minimum atomic E-state index is 0.936. The van der Waals surface area contributed by atoms with Crippen molar-refractivity contribution >= 4 is 0 Å². The van der Waals surface area contributed by atoms with Gasteiger partial charge in [0.15, 0.2) is 0 Å². The Kier molecular flexibility index (Phi) is 3.83. The van der Waals surface area contributed by atoms with Gasteiger partial charge in [0.2, 0.25) is 0 Å². The zero-order valence-electron chi connectivity index (χ0n) is 12.3. The van der Waals surface area contributed by atoms with Crippen LogP contribution in [0.2, 0.25) is 0 Å². The number of likely N-dealkylation sites (N-methyl/N-ethyl adjacent to an activating group) is 1. The number of hydrogen-bond acceptors (Lipinski definition) is 3. The number of nitrogens with zero attached hydrogens (tertiary/aromatic N) is 5. The zero-order valence-corrected chi connectivity index (χ0v) is 12.3. The van der Waals surface area contributed by atoms with Crippen molar-refractivity contribution in [1.29, 1.82) is 0 Å². The van der Waals surface area contributed by atoms with Crippen LogP contribution in [0.4, 0.5) is 0 Å². The van der Waals surface area contributed by atoms with E-state index < -0.39 is 0 Å². The van der Waals surface area contributed by atoms with E-state index >= 15 is 0 Å². The molecule has 5 heteroatoms. The lowest BCUT2D eigenvalue weighted by Gasteiger charge is -2.12. The first-order valence-corrected chi connectivity index (χ1v) is 6.98. The highest BCUT2D eigenvalue weighted by atomic mass is 15.1. The second-order valence-electron chi connectivity index (χ2n) is 5.26. The third-order valence-electron chi connectivity index (χ3n) is 3.43. The summed E-state index contributed by atoms with van der Waals surface area (Å²) in [5, 5.41) is 0. The molecule has 5 nitrogen and oxygen atoms in total. The van der Waals surface area contributed by atoms with Crippen LogP contribution in [0.15, 0.2) is 55.4 Å². The van der Waals surface area contributed by atoms with Gasteiger partial charge < -0.3 is 14.0 Å². The molecule has 3 rings (SSSR count). The van der Waals surface area contributed by atoms with Crippen LogP contribution in [-0.4, -0.2) is 44.6 Å². The Hall–Kier alpha value is -2.40. The summed E-state index contributed by atoms with van der Waals surface area (Å²) < 4.78 is 4.18. The van der Waals surface area contributed by atoms with Crippen molar-refractivity contribution in [3.05, 3.63) is 55.4 Å². The van der Waals surface area contributed by atoms with Crippen LogP contribution < -0.4 is 0 Å². The molecule has 0 fully saturated rings. The molecular weight excluding hydrogens is 262 g/mol. The van der Waals surface area contributed by atoms with E-state index in [1.54, 1.807) is 12.5 Å². The van der Waals surface area contributed by atoms with Gasteiger partial charge in [-0.25, -0.2) is 9.97 Å². The van der Waals surface area contributed by atoms with E-state index in [2.05, 4.69) is 57.8 Å². The van der Waals surface area contributed by atoms with Gasteiger partial charge in [0.25, 0.3) is 0 Å². The molecule has 108 valence electrons. The molecule has 0 aliphatic heterocycles. The number of imidazole rings is 2. The molecule has 0 saturated heterocycles. The number of aromatic nitrogens is 4. The van der Waals surface area contributed by atoms with Gasteiger partial charge in [0, 0.05) is 49.1 Å². The first-order valence-electron chi connectivity index (χ1n) is 6.98. The van der Waals surface area contributed by atoms with Gasteiger partial charge in [-0.15, -0.1) is 0 Å². The predicted molar refractivity (Wildman–Crippen MR) is 83.3 cm³/mol. The van der Waals surface area contributed by atoms with Crippen molar-refractivity contribution in [2.45, 2.75) is 6.54 Å². The van der Waals surface area contributed by atoms with Gasteiger partial charge in [-0.2, -0.15) is 0 Å². The van der Waals surface area contributed by atoms with E-state index in [0.717, 1.165) is 30.2 Å². The Balaban J connectivity index is 1.83. The highest BCUT2D eigenvalue weighted by Gasteiger charge is 2.06. The minimum absolute atomic E-state index is 0.936. The molecule has 0 N–H and O–H groups in total. The van der Waals surface area contributed by atoms with E-state index in [0.29, 0.717) is 0 Å². The summed E-state index contributed by atoms with van der Waals surface area (Å²) in [5.74, 6) is 1.01. The highest BCUT2D eigenvalue weighted by molar-refractivity contribution is 5.57. The van der Waals surface area contributed by atoms with Crippen LogP contribution in [0.5, 0.6) is 0 Å². The Morgan fingerprint density at radius 2 is 1.86 bits per heavy atom. The molecule has 0 saturated carbocycles. The first kappa shape index (κ1) is 13.6. The molecule has 0 aliphatic carbocycles. The molecule has 21 heavy (non-hydrogen) atoms. The quantitative estimate of drug-likeness (QED) is 0.720. The van der Waals surface area contributed by atoms with Crippen molar-refractivity contribution in [1.82, 2.24) is 24.0 Å². The maximum absolute atomic E-state index is 4.48. The van der Waals surface area contributed by atoms with E-state index in [4.69, 9.17) is 0 Å². The summed E-state index contributed by atoms with van der Waals surface area (Å²) in [6.07, 6.45) is 9.40. The van der Waals surface area contributed by atoms with Crippen molar-refractivity contribution in [3.63, 3.8) is 0 Å². The Morgan fingerprint density at radius 1 is 1.05 bits per heavy atom. The zero-order chi connectivity index (χ0) is 14.7. The summed E-state index contributed by atoms with van der Waals surface area (Å²) in [6.45, 7) is 1.93. The Morgan fingerprint density at radius 3 is 2.52 bits per heavy atom. The standard InChI is InChI=1S/C16H19N5/c1-19(2)11-12-20-10-8-18-16(20)14-3-5-15(6-4-14)21-9-7-17-13-21/h3-10,13H,11-12H2,1-2H3. The SMILES string of the molecule is CN(C)CCn1ccnc1-c1ccc(-n2ccnc2)cc1. The fraction of sp³-hybridized carbons (Fsp3) is 0.250. The average Bonchev–Trinajstić information content (AvgIpc) is 3.17. The van der Waals surface area contributed by atoms with Crippen LogP contribution >= 0.6 is 0 Å². The molecule has 2 heterocycles. The second kappa shape index (κ2) is 5.93. The maximum atomic E-state index is 4.48. The van der Waals surface area contributed by atoms with Gasteiger partial charge >= 0.3 is 0 Å². The minimum Gasteiger partial charge on any atom is -0.330 e. The normalized spacial score (nSPS) is 11.2. The van der Waals surface area contributed by atoms with Crippen LogP contribution in [-0.2, 0) is 6.54 Å². The lowest BCUT2D eigenvalue weighted by atomic mass is 10.2. The number of hydrogen-bond donors (Lipinski definition) is 0. The fourth-order valence-corrected chi connectivity index (χ4v) is 2.25. The Bertz CT molecular complexity index is 680. The van der Waals surface area contributed by atoms with Gasteiger partial charge in [-0.3, -0.25) is 0 Å². The molecule has 0 radical (unpaired) electrons. The van der Waals surface area contributed by atoms with E-state index in [1.165, 1.54) is 0 Å². The van der Waals surface area contributed by atoms with Crippen molar-refractivity contribution in [2.75, 3.05) is 20.6 Å². The molecule has 0 unspecified atom stereocenters. The van der Waals surface area contributed by atoms with Gasteiger partial charge in [0.05, 0.1) is 6.33 Å². The maximum Gasteiger partial charge on any atom is 0.139 e. The summed E-state index contributed by atoms with van der Waals surface area (Å²) in [6, 6.07) is 8.37. The summed E-state index contributed by atoms with van der Waals surface area (Å²) in [4.78, 5) is 10.7. The molecule has 1 aromatic carbocycles. The molecule has 0 aliphatic rings. The molecule has 0 spiro atoms. The molecule has 0 bridgehead atoms. The number of benzene rings is 1. The van der Waals surface area contributed by atoms with E-state index in [1.807, 2.05) is 23.2 Å². The van der Waals surface area contributed by atoms with Crippen molar-refractivity contribution < 1.29 is 0 Å². The van der Waals surface area contributed by atoms with Gasteiger partial charge in [-0.05, 0) is 38.4 Å². The molecule has 0 amide bonds. The van der Waals surface area contributed by atoms with Crippen LogP contribution in [0, 0.1) is 0 Å². The smallest absolute Gasteiger partial charge is 0.139 e. The molecule has 0 atom stereocenters. The van der Waals surface area contributed by atoms with Gasteiger partial charge in [0.1, 0.15) is 5.82 Å². The largest absolute Gasteiger partial charge is 0.330 e. The highest BCUT2D eigenvalue weighted by Crippen LogP contribution is 2.19. The topological polar surface area (TPSA) is 38.9 Å². The molecule has 2 aromatic heterocycles. The monoisotopic (exact) mass is 281 g/mol. The fourth-order valence-electron chi connectivity index (χ4n) is 2.25. The molecule has 3 aromatic rings. The first-order chi connectivity index (χ1) is 10.2. The second-order valence-corrected chi connectivity index (χ2v) is 5.26. The summed E-state index contributed by atoms with van der Waals surface area (Å²) in [5.41, 5.74) is 2.23. The summed E-state index contributed by atoms with van der Waals surface area (Å²) in [7, 11) is 4.16. The molecular formula is C16H19N5. The lowest BCUT2D eigenvalue weighted by Crippen LogP contribution is -2.18. The predicted octanol–water partition coefficient (Wildman–Crippen LogP) is 2.30. The van der Waals surface area contributed by atoms with Crippen LogP contribution in [0.25, 0.3) is 17.1 Å². The number of rotatable bonds is 5.